The maximum atomic E-state index is 5.77. The fraction of sp³-hybridized carbons (Fsp3) is 0.0769. The van der Waals surface area contributed by atoms with Gasteiger partial charge in [-0.25, -0.2) is 0 Å². The van der Waals surface area contributed by atoms with Gasteiger partial charge in [-0.1, -0.05) is 40.2 Å². The van der Waals surface area contributed by atoms with Crippen molar-refractivity contribution < 1.29 is 0 Å². The van der Waals surface area contributed by atoms with Gasteiger partial charge in [0.05, 0.1) is 0 Å². The summed E-state index contributed by atoms with van der Waals surface area (Å²) in [7, 11) is 0. The van der Waals surface area contributed by atoms with Gasteiger partial charge in [-0.15, -0.1) is 0 Å². The Morgan fingerprint density at radius 1 is 1.07 bits per heavy atom. The van der Waals surface area contributed by atoms with Gasteiger partial charge in [0.25, 0.3) is 0 Å². The Morgan fingerprint density at radius 2 is 1.80 bits per heavy atom. The Morgan fingerprint density at radius 3 is 2.53 bits per heavy atom. The molecule has 0 aromatic heterocycles. The minimum atomic E-state index is 0.798. The summed E-state index contributed by atoms with van der Waals surface area (Å²) < 4.78 is 1.13. The highest BCUT2D eigenvalue weighted by Gasteiger charge is 2.03. The van der Waals surface area contributed by atoms with Crippen molar-refractivity contribution in [3.8, 4) is 11.1 Å². The lowest BCUT2D eigenvalue weighted by molar-refractivity contribution is 1.42. The van der Waals surface area contributed by atoms with E-state index in [1.807, 2.05) is 30.3 Å². The summed E-state index contributed by atoms with van der Waals surface area (Å²) in [6.45, 7) is 2.10. The molecule has 2 rings (SSSR count). The lowest BCUT2D eigenvalue weighted by Crippen LogP contribution is -1.87. The molecule has 2 aromatic carbocycles. The molecule has 1 nitrogen and oxygen atoms in total. The zero-order chi connectivity index (χ0) is 10.8. The van der Waals surface area contributed by atoms with Crippen LogP contribution in [0.1, 0.15) is 5.56 Å². The summed E-state index contributed by atoms with van der Waals surface area (Å²) in [4.78, 5) is 0. The van der Waals surface area contributed by atoms with Gasteiger partial charge in [-0.05, 0) is 41.8 Å². The van der Waals surface area contributed by atoms with Crippen molar-refractivity contribution in [1.82, 2.24) is 0 Å². The Balaban J connectivity index is 2.59. The smallest absolute Gasteiger partial charge is 0.0320 e. The van der Waals surface area contributed by atoms with E-state index in [0.717, 1.165) is 15.7 Å². The maximum Gasteiger partial charge on any atom is 0.0320 e. The van der Waals surface area contributed by atoms with E-state index in [9.17, 15) is 0 Å². The van der Waals surface area contributed by atoms with E-state index in [0.29, 0.717) is 0 Å². The molecule has 2 N–H and O–H groups in total. The number of hydrogen-bond donors (Lipinski definition) is 1. The van der Waals surface area contributed by atoms with Crippen LogP contribution in [0.5, 0.6) is 0 Å². The number of hydrogen-bond acceptors (Lipinski definition) is 1. The molecule has 0 radical (unpaired) electrons. The molecule has 0 fully saturated rings. The van der Waals surface area contributed by atoms with Crippen molar-refractivity contribution in [2.75, 3.05) is 5.73 Å². The molecule has 0 aliphatic heterocycles. The number of anilines is 1. The minimum Gasteiger partial charge on any atom is -0.399 e. The van der Waals surface area contributed by atoms with Crippen molar-refractivity contribution in [1.29, 1.82) is 0 Å². The fourth-order valence-corrected chi connectivity index (χ4v) is 1.99. The van der Waals surface area contributed by atoms with Crippen LogP contribution < -0.4 is 5.73 Å². The summed E-state index contributed by atoms with van der Waals surface area (Å²) >= 11 is 3.53. The largest absolute Gasteiger partial charge is 0.399 e. The molecular formula is C13H12BrN. The molecule has 0 unspecified atom stereocenters. The van der Waals surface area contributed by atoms with E-state index in [-0.39, 0.29) is 0 Å². The summed E-state index contributed by atoms with van der Waals surface area (Å²) in [5.74, 6) is 0. The SMILES string of the molecule is Cc1c(Br)cccc1-c1cccc(N)c1. The first kappa shape index (κ1) is 10.2. The molecule has 0 atom stereocenters. The second kappa shape index (κ2) is 4.07. The number of nitrogens with two attached hydrogens (primary N) is 1. The molecule has 0 aliphatic rings. The standard InChI is InChI=1S/C13H12BrN/c1-9-12(6-3-7-13(9)14)10-4-2-5-11(15)8-10/h2-8H,15H2,1H3. The number of nitrogen functional groups attached to an aromatic ring is 1. The van der Waals surface area contributed by atoms with Gasteiger partial charge in [-0.2, -0.15) is 0 Å². The Labute approximate surface area is 98.1 Å². The molecule has 2 heteroatoms. The van der Waals surface area contributed by atoms with E-state index in [1.165, 1.54) is 11.1 Å². The van der Waals surface area contributed by atoms with Crippen LogP contribution in [-0.2, 0) is 0 Å². The third-order valence-corrected chi connectivity index (χ3v) is 3.32. The Hall–Kier alpha value is -1.28. The molecule has 0 spiro atoms. The summed E-state index contributed by atoms with van der Waals surface area (Å²) in [6.07, 6.45) is 0. The molecule has 2 aromatic rings. The molecule has 0 saturated heterocycles. The molecule has 0 saturated carbocycles. The highest BCUT2D eigenvalue weighted by atomic mass is 79.9. The van der Waals surface area contributed by atoms with Crippen LogP contribution in [0, 0.1) is 6.92 Å². The normalized spacial score (nSPS) is 10.3. The third kappa shape index (κ3) is 2.05. The fourth-order valence-electron chi connectivity index (χ4n) is 1.63. The van der Waals surface area contributed by atoms with Crippen LogP contribution in [0.15, 0.2) is 46.9 Å². The first-order chi connectivity index (χ1) is 7.18. The summed E-state index contributed by atoms with van der Waals surface area (Å²) in [5.41, 5.74) is 10.2. The van der Waals surface area contributed by atoms with Crippen LogP contribution in [0.2, 0.25) is 0 Å². The van der Waals surface area contributed by atoms with E-state index >= 15 is 0 Å². The highest BCUT2D eigenvalue weighted by molar-refractivity contribution is 9.10. The first-order valence-corrected chi connectivity index (χ1v) is 5.59. The molecule has 0 bridgehead atoms. The number of benzene rings is 2. The second-order valence-corrected chi connectivity index (χ2v) is 4.39. The van der Waals surface area contributed by atoms with Gasteiger partial charge in [0.2, 0.25) is 0 Å². The molecule has 0 aliphatic carbocycles. The third-order valence-electron chi connectivity index (χ3n) is 2.47. The van der Waals surface area contributed by atoms with Crippen molar-refractivity contribution >= 4 is 21.6 Å². The predicted molar refractivity (Wildman–Crippen MR) is 68.7 cm³/mol. The van der Waals surface area contributed by atoms with Gasteiger partial charge < -0.3 is 5.73 Å². The Bertz CT molecular complexity index is 492. The zero-order valence-electron chi connectivity index (χ0n) is 8.50. The van der Waals surface area contributed by atoms with E-state index in [1.54, 1.807) is 0 Å². The Kier molecular flexibility index (Phi) is 2.78. The molecule has 0 amide bonds. The van der Waals surface area contributed by atoms with E-state index in [2.05, 4.69) is 35.0 Å². The molecule has 76 valence electrons. The van der Waals surface area contributed by atoms with Crippen LogP contribution in [0.25, 0.3) is 11.1 Å². The van der Waals surface area contributed by atoms with Crippen LogP contribution in [-0.4, -0.2) is 0 Å². The summed E-state index contributed by atoms with van der Waals surface area (Å²) in [5, 5.41) is 0. The quantitative estimate of drug-likeness (QED) is 0.772. The maximum absolute atomic E-state index is 5.77. The predicted octanol–water partition coefficient (Wildman–Crippen LogP) is 4.01. The lowest BCUT2D eigenvalue weighted by atomic mass is 10.0. The van der Waals surface area contributed by atoms with E-state index < -0.39 is 0 Å². The molecule has 0 heterocycles. The average molecular weight is 262 g/mol. The van der Waals surface area contributed by atoms with Crippen molar-refractivity contribution in [2.24, 2.45) is 0 Å². The highest BCUT2D eigenvalue weighted by Crippen LogP contribution is 2.29. The van der Waals surface area contributed by atoms with Crippen LogP contribution in [0.4, 0.5) is 5.69 Å². The lowest BCUT2D eigenvalue weighted by Gasteiger charge is -2.08. The van der Waals surface area contributed by atoms with Gasteiger partial charge >= 0.3 is 0 Å². The number of rotatable bonds is 1. The van der Waals surface area contributed by atoms with Crippen molar-refractivity contribution in [2.45, 2.75) is 6.92 Å². The van der Waals surface area contributed by atoms with Gasteiger partial charge in [-0.3, -0.25) is 0 Å². The minimum absolute atomic E-state index is 0.798. The van der Waals surface area contributed by atoms with Gasteiger partial charge in [0.15, 0.2) is 0 Å². The monoisotopic (exact) mass is 261 g/mol. The van der Waals surface area contributed by atoms with Crippen molar-refractivity contribution in [3.63, 3.8) is 0 Å². The summed E-state index contributed by atoms with van der Waals surface area (Å²) in [6, 6.07) is 14.1. The van der Waals surface area contributed by atoms with E-state index in [4.69, 9.17) is 5.73 Å². The van der Waals surface area contributed by atoms with Crippen LogP contribution in [0.3, 0.4) is 0 Å². The molecule has 15 heavy (non-hydrogen) atoms. The number of halogens is 1. The van der Waals surface area contributed by atoms with Crippen molar-refractivity contribution in [3.05, 3.63) is 52.5 Å². The molecular weight excluding hydrogens is 250 g/mol. The second-order valence-electron chi connectivity index (χ2n) is 3.54. The topological polar surface area (TPSA) is 26.0 Å². The first-order valence-electron chi connectivity index (χ1n) is 4.79. The van der Waals surface area contributed by atoms with Crippen LogP contribution >= 0.6 is 15.9 Å². The average Bonchev–Trinajstić information content (AvgIpc) is 2.22. The zero-order valence-corrected chi connectivity index (χ0v) is 10.1. The van der Waals surface area contributed by atoms with Gasteiger partial charge in [0.1, 0.15) is 0 Å². The van der Waals surface area contributed by atoms with Gasteiger partial charge in [0, 0.05) is 10.2 Å².